The minimum Gasteiger partial charge on any atom is -0.321 e. The minimum atomic E-state index is -5.76. The van der Waals surface area contributed by atoms with Gasteiger partial charge in [0.15, 0.2) is 23.3 Å². The Bertz CT molecular complexity index is 2120. The molecule has 0 saturated carbocycles. The van der Waals surface area contributed by atoms with Gasteiger partial charge in [-0.05, 0) is 59.7 Å². The summed E-state index contributed by atoms with van der Waals surface area (Å²) in [5.41, 5.74) is -3.30. The Morgan fingerprint density at radius 3 is 1.90 bits per heavy atom. The number of halogens is 8. The van der Waals surface area contributed by atoms with Crippen molar-refractivity contribution in [2.24, 2.45) is 0 Å². The van der Waals surface area contributed by atoms with Gasteiger partial charge in [-0.3, -0.25) is 14.4 Å². The van der Waals surface area contributed by atoms with Crippen LogP contribution in [0.25, 0.3) is 6.08 Å². The highest BCUT2D eigenvalue weighted by molar-refractivity contribution is 9.10. The molecule has 6 nitrogen and oxygen atoms in total. The smallest absolute Gasteiger partial charge is 0.321 e. The Hall–Kier alpha value is -5.41. The number of carbonyl (C=O) groups excluding carboxylic acids is 3. The molecule has 3 N–H and O–H groups in total. The van der Waals surface area contributed by atoms with E-state index in [1.807, 2.05) is 0 Å². The zero-order chi connectivity index (χ0) is 37.6. The number of anilines is 2. The molecule has 0 saturated heterocycles. The van der Waals surface area contributed by atoms with Crippen LogP contribution >= 0.6 is 27.7 Å². The van der Waals surface area contributed by atoms with E-state index in [9.17, 15) is 45.1 Å². The number of carbonyl (C=O) groups is 3. The van der Waals surface area contributed by atoms with E-state index in [-0.39, 0.29) is 16.9 Å². The van der Waals surface area contributed by atoms with E-state index in [4.69, 9.17) is 0 Å². The third-order valence-corrected chi connectivity index (χ3v) is 8.97. The van der Waals surface area contributed by atoms with Crippen LogP contribution in [0.1, 0.15) is 32.3 Å². The largest absolute Gasteiger partial charge is 0.422 e. The van der Waals surface area contributed by atoms with Crippen molar-refractivity contribution in [2.45, 2.75) is 16.3 Å². The van der Waals surface area contributed by atoms with Gasteiger partial charge >= 0.3 is 6.18 Å². The van der Waals surface area contributed by atoms with Gasteiger partial charge in [0.05, 0.1) is 0 Å². The van der Waals surface area contributed by atoms with Crippen molar-refractivity contribution < 1.29 is 45.1 Å². The van der Waals surface area contributed by atoms with Crippen molar-refractivity contribution in [3.05, 3.63) is 165 Å². The monoisotopic (exact) mass is 801 g/mol. The summed E-state index contributed by atoms with van der Waals surface area (Å²) in [5, 5.41) is 5.62. The number of amides is 3. The Morgan fingerprint density at radius 2 is 1.31 bits per heavy atom. The molecule has 0 spiro atoms. The molecule has 5 aromatic carbocycles. The maximum atomic E-state index is 14.7. The van der Waals surface area contributed by atoms with E-state index in [2.05, 4.69) is 26.6 Å². The number of thioether (sulfide) groups is 1. The lowest BCUT2D eigenvalue weighted by molar-refractivity contribution is -0.143. The van der Waals surface area contributed by atoms with Gasteiger partial charge in [0, 0.05) is 20.6 Å². The molecule has 15 heteroatoms. The fraction of sp³-hybridized carbons (Fsp3) is 0.0541. The SMILES string of the molecule is O=C(Nc1cccc(SC(C(=O)Nc2c(F)c(F)c(C(F)(F)F)c(F)c2F)c2ccccc2)c1)/C(=C\c1ccc(Br)cc1)NC(=O)c1ccccc1. The van der Waals surface area contributed by atoms with Crippen LogP contribution in [0, 0.1) is 23.3 Å². The quantitative estimate of drug-likeness (QED) is 0.0568. The first-order valence-corrected chi connectivity index (χ1v) is 16.6. The Morgan fingerprint density at radius 1 is 0.712 bits per heavy atom. The molecule has 1 atom stereocenters. The molecule has 0 aromatic heterocycles. The van der Waals surface area contributed by atoms with E-state index in [0.29, 0.717) is 16.0 Å². The lowest BCUT2D eigenvalue weighted by Gasteiger charge is -2.19. The van der Waals surface area contributed by atoms with Gasteiger partial charge in [0.2, 0.25) is 5.91 Å². The van der Waals surface area contributed by atoms with Gasteiger partial charge < -0.3 is 16.0 Å². The van der Waals surface area contributed by atoms with E-state index in [1.165, 1.54) is 54.6 Å². The zero-order valence-electron chi connectivity index (χ0n) is 26.2. The van der Waals surface area contributed by atoms with Crippen molar-refractivity contribution in [2.75, 3.05) is 10.6 Å². The average Bonchev–Trinajstić information content (AvgIpc) is 3.12. The summed E-state index contributed by atoms with van der Waals surface area (Å²) in [6.45, 7) is 0. The highest BCUT2D eigenvalue weighted by Crippen LogP contribution is 2.41. The summed E-state index contributed by atoms with van der Waals surface area (Å²) in [4.78, 5) is 40.3. The van der Waals surface area contributed by atoms with Crippen LogP contribution in [0.3, 0.4) is 0 Å². The number of benzene rings is 5. The molecular formula is C37H23BrF7N3O3S. The van der Waals surface area contributed by atoms with Crippen molar-refractivity contribution >= 4 is 62.9 Å². The second-order valence-electron chi connectivity index (χ2n) is 10.8. The number of rotatable bonds is 10. The third-order valence-electron chi connectivity index (χ3n) is 7.19. The van der Waals surface area contributed by atoms with Gasteiger partial charge in [-0.1, -0.05) is 82.7 Å². The normalized spacial score (nSPS) is 12.2. The first-order valence-electron chi connectivity index (χ1n) is 14.9. The molecular weight excluding hydrogens is 779 g/mol. The molecule has 3 amide bonds. The van der Waals surface area contributed by atoms with E-state index in [0.717, 1.165) is 16.2 Å². The van der Waals surface area contributed by atoms with Gasteiger partial charge in [-0.2, -0.15) is 13.2 Å². The molecule has 0 aliphatic carbocycles. The Labute approximate surface area is 304 Å². The molecule has 0 bridgehead atoms. The third kappa shape index (κ3) is 9.08. The summed E-state index contributed by atoms with van der Waals surface area (Å²) in [6, 6.07) is 28.7. The predicted octanol–water partition coefficient (Wildman–Crippen LogP) is 9.91. The predicted molar refractivity (Wildman–Crippen MR) is 186 cm³/mol. The number of alkyl halides is 3. The fourth-order valence-corrected chi connectivity index (χ4v) is 6.08. The maximum absolute atomic E-state index is 14.7. The van der Waals surface area contributed by atoms with Crippen LogP contribution < -0.4 is 16.0 Å². The van der Waals surface area contributed by atoms with Crippen LogP contribution in [-0.4, -0.2) is 17.7 Å². The van der Waals surface area contributed by atoms with Crippen LogP contribution in [0.4, 0.5) is 42.1 Å². The van der Waals surface area contributed by atoms with E-state index >= 15 is 0 Å². The standard InChI is InChI=1S/C37H23BrF7N3O3S/c38-23-16-14-20(15-17-23)18-26(47-34(49)22-10-5-2-6-11-22)35(50)46-24-12-7-13-25(19-24)52-33(21-8-3-1-4-9-21)36(51)48-32-30(41)28(39)27(37(43,44)45)29(40)31(32)42/h1-19,33H,(H,46,50)(H,47,49)(H,48,51)/b26-18+. The van der Waals surface area contributed by atoms with Gasteiger partial charge in [-0.25, -0.2) is 17.6 Å². The molecule has 266 valence electrons. The van der Waals surface area contributed by atoms with Crippen LogP contribution in [0.15, 0.2) is 124 Å². The number of hydrogen-bond acceptors (Lipinski definition) is 4. The molecule has 5 rings (SSSR count). The lowest BCUT2D eigenvalue weighted by atomic mass is 10.1. The first-order chi connectivity index (χ1) is 24.7. The van der Waals surface area contributed by atoms with Crippen LogP contribution in [-0.2, 0) is 15.8 Å². The summed E-state index contributed by atoms with van der Waals surface area (Å²) in [6.07, 6.45) is -4.30. The highest BCUT2D eigenvalue weighted by Gasteiger charge is 2.43. The van der Waals surface area contributed by atoms with Crippen molar-refractivity contribution in [3.8, 4) is 0 Å². The molecule has 0 fully saturated rings. The fourth-order valence-electron chi connectivity index (χ4n) is 4.73. The molecule has 0 aliphatic rings. The van der Waals surface area contributed by atoms with Crippen molar-refractivity contribution in [3.63, 3.8) is 0 Å². The summed E-state index contributed by atoms with van der Waals surface area (Å²) in [5.74, 6) is -12.8. The molecule has 0 aliphatic heterocycles. The van der Waals surface area contributed by atoms with Crippen molar-refractivity contribution in [1.29, 1.82) is 0 Å². The van der Waals surface area contributed by atoms with Gasteiger partial charge in [0.1, 0.15) is 22.2 Å². The van der Waals surface area contributed by atoms with Crippen molar-refractivity contribution in [1.82, 2.24) is 5.32 Å². The first kappa shape index (κ1) is 37.8. The topological polar surface area (TPSA) is 87.3 Å². The molecule has 1 unspecified atom stereocenters. The van der Waals surface area contributed by atoms with Crippen LogP contribution in [0.5, 0.6) is 0 Å². The zero-order valence-corrected chi connectivity index (χ0v) is 28.6. The molecule has 52 heavy (non-hydrogen) atoms. The summed E-state index contributed by atoms with van der Waals surface area (Å²) in [7, 11) is 0. The Kier molecular flexibility index (Phi) is 11.9. The van der Waals surface area contributed by atoms with Gasteiger partial charge in [0.25, 0.3) is 11.8 Å². The second-order valence-corrected chi connectivity index (χ2v) is 12.9. The second kappa shape index (κ2) is 16.3. The van der Waals surface area contributed by atoms with E-state index < -0.39 is 63.7 Å². The lowest BCUT2D eigenvalue weighted by Crippen LogP contribution is -2.30. The summed E-state index contributed by atoms with van der Waals surface area (Å²) < 4.78 is 98.0. The number of nitrogens with one attached hydrogen (secondary N) is 3. The Balaban J connectivity index is 1.42. The maximum Gasteiger partial charge on any atom is 0.422 e. The number of hydrogen-bond donors (Lipinski definition) is 3. The highest BCUT2D eigenvalue weighted by atomic mass is 79.9. The minimum absolute atomic E-state index is 0.115. The summed E-state index contributed by atoms with van der Waals surface area (Å²) >= 11 is 4.14. The van der Waals surface area contributed by atoms with E-state index in [1.54, 1.807) is 66.0 Å². The average molecular weight is 803 g/mol. The molecule has 0 radical (unpaired) electrons. The van der Waals surface area contributed by atoms with Crippen LogP contribution in [0.2, 0.25) is 0 Å². The molecule has 5 aromatic rings. The van der Waals surface area contributed by atoms with Gasteiger partial charge in [-0.15, -0.1) is 11.8 Å². The molecule has 0 heterocycles.